The first-order chi connectivity index (χ1) is 4.68. The zero-order valence-electron chi connectivity index (χ0n) is 5.16. The van der Waals surface area contributed by atoms with E-state index in [1.165, 1.54) is 11.8 Å². The zero-order chi connectivity index (χ0) is 7.56. The van der Waals surface area contributed by atoms with Crippen molar-refractivity contribution >= 4 is 23.6 Å². The van der Waals surface area contributed by atoms with E-state index in [1.807, 2.05) is 0 Å². The molecule has 5 heteroatoms. The van der Waals surface area contributed by atoms with Crippen molar-refractivity contribution in [1.82, 2.24) is 5.32 Å². The largest absolute Gasteiger partial charge is 0.481 e. The molecule has 0 bridgehead atoms. The standard InChI is InChI=1S/C5H7NO3S/c7-3-1-4(6-3)10-2-5(8)9/h4H,1-2H2,(H,6,7)(H,8,9). The highest BCUT2D eigenvalue weighted by atomic mass is 32.2. The molecule has 0 spiro atoms. The van der Waals surface area contributed by atoms with Crippen molar-refractivity contribution in [2.24, 2.45) is 0 Å². The summed E-state index contributed by atoms with van der Waals surface area (Å²) < 4.78 is 0. The number of amides is 1. The molecule has 1 aliphatic heterocycles. The van der Waals surface area contributed by atoms with E-state index in [0.717, 1.165) is 0 Å². The molecule has 1 aliphatic rings. The monoisotopic (exact) mass is 161 g/mol. The molecule has 0 aromatic heterocycles. The summed E-state index contributed by atoms with van der Waals surface area (Å²) in [4.78, 5) is 20.3. The summed E-state index contributed by atoms with van der Waals surface area (Å²) in [5.74, 6) is -0.778. The van der Waals surface area contributed by atoms with Crippen LogP contribution in [0.1, 0.15) is 6.42 Å². The van der Waals surface area contributed by atoms with Crippen molar-refractivity contribution in [2.75, 3.05) is 5.75 Å². The minimum absolute atomic E-state index is 0.00267. The summed E-state index contributed by atoms with van der Waals surface area (Å²) in [6, 6.07) is 0. The number of carboxylic acids is 1. The van der Waals surface area contributed by atoms with Crippen LogP contribution in [0.5, 0.6) is 0 Å². The van der Waals surface area contributed by atoms with E-state index in [9.17, 15) is 9.59 Å². The molecule has 0 aromatic carbocycles. The van der Waals surface area contributed by atoms with Gasteiger partial charge in [0, 0.05) is 0 Å². The van der Waals surface area contributed by atoms with Crippen LogP contribution in [0.3, 0.4) is 0 Å². The Bertz CT molecular complexity index is 162. The third kappa shape index (κ3) is 1.91. The van der Waals surface area contributed by atoms with Gasteiger partial charge < -0.3 is 10.4 Å². The Kier molecular flexibility index (Phi) is 2.16. The van der Waals surface area contributed by atoms with Gasteiger partial charge in [0.05, 0.1) is 17.5 Å². The van der Waals surface area contributed by atoms with Gasteiger partial charge in [-0.3, -0.25) is 9.59 Å². The van der Waals surface area contributed by atoms with E-state index in [-0.39, 0.29) is 17.0 Å². The third-order valence-corrected chi connectivity index (χ3v) is 2.20. The predicted octanol–water partition coefficient (Wildman–Crippen LogP) is -0.350. The fraction of sp³-hybridized carbons (Fsp3) is 0.600. The molecular weight excluding hydrogens is 154 g/mol. The smallest absolute Gasteiger partial charge is 0.313 e. The molecule has 56 valence electrons. The molecular formula is C5H7NO3S. The average Bonchev–Trinajstić information content (AvgIpc) is 1.77. The van der Waals surface area contributed by atoms with E-state index in [4.69, 9.17) is 5.11 Å². The Morgan fingerprint density at radius 3 is 2.90 bits per heavy atom. The lowest BCUT2D eigenvalue weighted by Crippen LogP contribution is -2.46. The Morgan fingerprint density at radius 1 is 1.90 bits per heavy atom. The molecule has 0 radical (unpaired) electrons. The van der Waals surface area contributed by atoms with Crippen LogP contribution < -0.4 is 5.32 Å². The van der Waals surface area contributed by atoms with Gasteiger partial charge in [-0.1, -0.05) is 0 Å². The molecule has 4 nitrogen and oxygen atoms in total. The number of hydrogen-bond donors (Lipinski definition) is 2. The molecule has 1 fully saturated rings. The molecule has 1 saturated heterocycles. The summed E-state index contributed by atoms with van der Waals surface area (Å²) in [6.45, 7) is 0. The number of aliphatic carboxylic acids is 1. The number of rotatable bonds is 3. The van der Waals surface area contributed by atoms with Gasteiger partial charge in [0.1, 0.15) is 0 Å². The number of carboxylic acid groups (broad SMARTS) is 1. The van der Waals surface area contributed by atoms with Gasteiger partial charge in [-0.25, -0.2) is 0 Å². The summed E-state index contributed by atoms with van der Waals surface area (Å²) in [5.41, 5.74) is 0. The first-order valence-corrected chi connectivity index (χ1v) is 3.86. The summed E-state index contributed by atoms with van der Waals surface area (Å²) in [6.07, 6.45) is 0.456. The topological polar surface area (TPSA) is 66.4 Å². The SMILES string of the molecule is O=C(O)CSC1CC(=O)N1. The maximum Gasteiger partial charge on any atom is 0.313 e. The van der Waals surface area contributed by atoms with Crippen LogP contribution in [0.25, 0.3) is 0 Å². The van der Waals surface area contributed by atoms with E-state index < -0.39 is 5.97 Å². The van der Waals surface area contributed by atoms with Crippen LogP contribution in [0, 0.1) is 0 Å². The first-order valence-electron chi connectivity index (χ1n) is 2.81. The van der Waals surface area contributed by atoms with Gasteiger partial charge in [0.25, 0.3) is 0 Å². The lowest BCUT2D eigenvalue weighted by atomic mass is 10.3. The highest BCUT2D eigenvalue weighted by Gasteiger charge is 2.25. The van der Waals surface area contributed by atoms with Crippen LogP contribution >= 0.6 is 11.8 Å². The van der Waals surface area contributed by atoms with Crippen LogP contribution in [-0.4, -0.2) is 28.1 Å². The number of carbonyl (C=O) groups excluding carboxylic acids is 1. The van der Waals surface area contributed by atoms with Crippen molar-refractivity contribution in [3.63, 3.8) is 0 Å². The fourth-order valence-corrected chi connectivity index (χ4v) is 1.43. The van der Waals surface area contributed by atoms with Crippen LogP contribution in [0.2, 0.25) is 0 Å². The van der Waals surface area contributed by atoms with Gasteiger partial charge in [-0.2, -0.15) is 0 Å². The Balaban J connectivity index is 2.05. The molecule has 0 aliphatic carbocycles. The van der Waals surface area contributed by atoms with Crippen molar-refractivity contribution in [3.8, 4) is 0 Å². The molecule has 10 heavy (non-hydrogen) atoms. The average molecular weight is 161 g/mol. The molecule has 2 N–H and O–H groups in total. The molecule has 0 saturated carbocycles. The van der Waals surface area contributed by atoms with E-state index >= 15 is 0 Å². The second-order valence-electron chi connectivity index (χ2n) is 1.97. The highest BCUT2D eigenvalue weighted by molar-refractivity contribution is 8.00. The maximum atomic E-state index is 10.3. The van der Waals surface area contributed by atoms with Gasteiger partial charge in [0.2, 0.25) is 5.91 Å². The zero-order valence-corrected chi connectivity index (χ0v) is 5.98. The molecule has 1 atom stereocenters. The van der Waals surface area contributed by atoms with Crippen LogP contribution in [0.15, 0.2) is 0 Å². The van der Waals surface area contributed by atoms with Gasteiger partial charge in [-0.15, -0.1) is 11.8 Å². The number of nitrogens with one attached hydrogen (secondary N) is 1. The quantitative estimate of drug-likeness (QED) is 0.555. The number of thioether (sulfide) groups is 1. The van der Waals surface area contributed by atoms with Gasteiger partial charge in [0.15, 0.2) is 0 Å². The normalized spacial score (nSPS) is 23.2. The lowest BCUT2D eigenvalue weighted by Gasteiger charge is -2.25. The molecule has 1 heterocycles. The number of β-lactam (4-membered cyclic amide) rings is 1. The second-order valence-corrected chi connectivity index (χ2v) is 3.16. The number of hydrogen-bond acceptors (Lipinski definition) is 3. The number of carbonyl (C=O) groups is 2. The van der Waals surface area contributed by atoms with Crippen molar-refractivity contribution in [2.45, 2.75) is 11.8 Å². The lowest BCUT2D eigenvalue weighted by molar-refractivity contribution is -0.134. The maximum absolute atomic E-state index is 10.3. The highest BCUT2D eigenvalue weighted by Crippen LogP contribution is 2.17. The van der Waals surface area contributed by atoms with E-state index in [1.54, 1.807) is 0 Å². The molecule has 0 aromatic rings. The molecule has 1 rings (SSSR count). The van der Waals surface area contributed by atoms with Gasteiger partial charge in [-0.05, 0) is 0 Å². The summed E-state index contributed by atoms with van der Waals surface area (Å²) in [5, 5.41) is 10.8. The third-order valence-electron chi connectivity index (χ3n) is 1.10. The summed E-state index contributed by atoms with van der Waals surface area (Å²) >= 11 is 1.24. The van der Waals surface area contributed by atoms with Crippen molar-refractivity contribution < 1.29 is 14.7 Å². The summed E-state index contributed by atoms with van der Waals surface area (Å²) in [7, 11) is 0. The first kappa shape index (κ1) is 7.40. The van der Waals surface area contributed by atoms with Crippen molar-refractivity contribution in [3.05, 3.63) is 0 Å². The Morgan fingerprint density at radius 2 is 2.50 bits per heavy atom. The fourth-order valence-electron chi connectivity index (χ4n) is 0.599. The van der Waals surface area contributed by atoms with Crippen LogP contribution in [-0.2, 0) is 9.59 Å². The van der Waals surface area contributed by atoms with Gasteiger partial charge >= 0.3 is 5.97 Å². The molecule has 1 amide bonds. The van der Waals surface area contributed by atoms with E-state index in [0.29, 0.717) is 6.42 Å². The van der Waals surface area contributed by atoms with Crippen LogP contribution in [0.4, 0.5) is 0 Å². The molecule has 1 unspecified atom stereocenters. The second kappa shape index (κ2) is 2.92. The Labute approximate surface area is 62.0 Å². The Hall–Kier alpha value is -0.710. The minimum Gasteiger partial charge on any atom is -0.481 e. The van der Waals surface area contributed by atoms with E-state index in [2.05, 4.69) is 5.32 Å². The minimum atomic E-state index is -0.842. The predicted molar refractivity (Wildman–Crippen MR) is 36.6 cm³/mol. The van der Waals surface area contributed by atoms with Crippen molar-refractivity contribution in [1.29, 1.82) is 0 Å².